The fourth-order valence-corrected chi connectivity index (χ4v) is 4.49. The summed E-state index contributed by atoms with van der Waals surface area (Å²) in [5, 5.41) is 4.72. The average Bonchev–Trinajstić information content (AvgIpc) is 2.82. The van der Waals surface area contributed by atoms with Crippen LogP contribution in [-0.4, -0.2) is 0 Å². The van der Waals surface area contributed by atoms with E-state index in [1.165, 1.54) is 21.5 Å². The van der Waals surface area contributed by atoms with E-state index in [1.807, 2.05) is 86.9 Å². The van der Waals surface area contributed by atoms with Crippen LogP contribution in [0.5, 0.6) is 0 Å². The van der Waals surface area contributed by atoms with Crippen LogP contribution in [0.4, 0.5) is 22.7 Å². The van der Waals surface area contributed by atoms with E-state index in [4.69, 9.17) is 22.9 Å². The number of rotatable bonds is 0. The van der Waals surface area contributed by atoms with Gasteiger partial charge in [-0.25, -0.2) is 0 Å². The largest absolute Gasteiger partial charge is 1.00 e. The van der Waals surface area contributed by atoms with E-state index in [-0.39, 0.29) is 37.2 Å². The van der Waals surface area contributed by atoms with E-state index >= 15 is 0 Å². The Morgan fingerprint density at radius 2 is 0.622 bits per heavy atom. The molecule has 8 N–H and O–H groups in total. The van der Waals surface area contributed by atoms with E-state index in [9.17, 15) is 0 Å². The van der Waals surface area contributed by atoms with E-state index in [2.05, 4.69) is 21.3 Å². The van der Waals surface area contributed by atoms with Gasteiger partial charge in [0, 0.05) is 68.6 Å². The van der Waals surface area contributed by atoms with Crippen LogP contribution >= 0.6 is 12.4 Å². The molecule has 2 heterocycles. The highest BCUT2D eigenvalue weighted by Gasteiger charge is 2.13. The minimum Gasteiger partial charge on any atom is -1.00 e. The van der Waals surface area contributed by atoms with Crippen LogP contribution in [0.1, 0.15) is 0 Å². The van der Waals surface area contributed by atoms with Gasteiger partial charge in [0.05, 0.1) is 0 Å². The molecule has 0 saturated heterocycles. The number of benzene rings is 4. The Hall–Kier alpha value is -3.71. The van der Waals surface area contributed by atoms with Crippen LogP contribution in [0.3, 0.4) is 0 Å². The number of nitrogen functional groups attached to an aromatic ring is 4. The van der Waals surface area contributed by atoms with Crippen LogP contribution in [0.25, 0.3) is 43.6 Å². The molecule has 9 heteroatoms. The summed E-state index contributed by atoms with van der Waals surface area (Å²) in [6.45, 7) is 0. The van der Waals surface area contributed by atoms with Crippen molar-refractivity contribution in [3.8, 4) is 0 Å². The van der Waals surface area contributed by atoms with Gasteiger partial charge in [0.15, 0.2) is 0 Å². The summed E-state index contributed by atoms with van der Waals surface area (Å²) in [7, 11) is 4.06. The third-order valence-electron chi connectivity index (χ3n) is 6.29. The lowest BCUT2D eigenvalue weighted by Crippen LogP contribution is -3.00. The molecule has 6 rings (SSSR count). The second-order valence-electron chi connectivity index (χ2n) is 8.68. The van der Waals surface area contributed by atoms with Crippen LogP contribution in [-0.2, 0) is 14.1 Å². The Balaban J connectivity index is 0.000000241. The lowest BCUT2D eigenvalue weighted by Gasteiger charge is -2.03. The zero-order valence-corrected chi connectivity index (χ0v) is 22.8. The number of hydrogen-bond donors (Lipinski definition) is 4. The molecule has 0 amide bonds. The highest BCUT2D eigenvalue weighted by molar-refractivity contribution is 5.92. The van der Waals surface area contributed by atoms with Gasteiger partial charge in [-0.3, -0.25) is 0 Å². The smallest absolute Gasteiger partial charge is 0.214 e. The number of anilines is 4. The van der Waals surface area contributed by atoms with Crippen molar-refractivity contribution < 1.29 is 33.9 Å². The fraction of sp³-hybridized carbons (Fsp3) is 0.0714. The molecule has 2 aromatic heterocycles. The van der Waals surface area contributed by atoms with Crippen molar-refractivity contribution in [2.75, 3.05) is 22.9 Å². The molecule has 4 aromatic carbocycles. The zero-order chi connectivity index (χ0) is 24.0. The zero-order valence-electron chi connectivity index (χ0n) is 20.5. The maximum Gasteiger partial charge on any atom is 0.214 e. The number of aromatic nitrogens is 2. The van der Waals surface area contributed by atoms with Gasteiger partial charge in [-0.1, -0.05) is 0 Å². The Labute approximate surface area is 234 Å². The minimum absolute atomic E-state index is 0. The molecule has 6 aromatic rings. The van der Waals surface area contributed by atoms with Gasteiger partial charge in [0.1, 0.15) is 14.1 Å². The maximum absolute atomic E-state index is 5.83. The van der Waals surface area contributed by atoms with Gasteiger partial charge in [-0.15, -0.1) is 12.4 Å². The van der Waals surface area contributed by atoms with Crippen LogP contribution in [0.2, 0.25) is 0 Å². The lowest BCUT2D eigenvalue weighted by molar-refractivity contribution is -0.617. The van der Waals surface area contributed by atoms with E-state index < -0.39 is 0 Å². The van der Waals surface area contributed by atoms with Crippen molar-refractivity contribution in [3.63, 3.8) is 0 Å². The minimum atomic E-state index is 0. The van der Waals surface area contributed by atoms with E-state index in [1.54, 1.807) is 0 Å². The maximum atomic E-state index is 5.83. The third kappa shape index (κ3) is 5.67. The Bertz CT molecular complexity index is 1490. The van der Waals surface area contributed by atoms with Gasteiger partial charge in [-0.2, -0.15) is 9.13 Å². The van der Waals surface area contributed by atoms with Crippen LogP contribution in [0, 0.1) is 0 Å². The topological polar surface area (TPSA) is 112 Å². The summed E-state index contributed by atoms with van der Waals surface area (Å²) in [4.78, 5) is 0. The molecule has 6 nitrogen and oxygen atoms in total. The van der Waals surface area contributed by atoms with Crippen LogP contribution < -0.4 is 56.9 Å². The van der Waals surface area contributed by atoms with Gasteiger partial charge in [0.2, 0.25) is 22.1 Å². The lowest BCUT2D eigenvalue weighted by atomic mass is 10.1. The van der Waals surface area contributed by atoms with Crippen molar-refractivity contribution in [2.45, 2.75) is 0 Å². The molecule has 0 aliphatic carbocycles. The number of aryl methyl sites for hydroxylation is 2. The first-order chi connectivity index (χ1) is 16.3. The van der Waals surface area contributed by atoms with Crippen molar-refractivity contribution >= 4 is 78.8 Å². The average molecular weight is 556 g/mol. The highest BCUT2D eigenvalue weighted by Crippen LogP contribution is 2.22. The number of hydrogen-bond acceptors (Lipinski definition) is 4. The van der Waals surface area contributed by atoms with Crippen molar-refractivity contribution in [3.05, 3.63) is 84.9 Å². The molecule has 37 heavy (non-hydrogen) atoms. The summed E-state index contributed by atoms with van der Waals surface area (Å²) < 4.78 is 4.24. The SMILES string of the molecule is C[n+]1c2cc(N)ccc2cc2ccc(N)cc21.C[n+]1c2cc(N)ccc2cc2ccc(N)cc21.Cl.[Cl-].[Cl-]. The predicted molar refractivity (Wildman–Crippen MR) is 150 cm³/mol. The normalized spacial score (nSPS) is 10.2. The van der Waals surface area contributed by atoms with E-state index in [0.29, 0.717) is 0 Å². The fourth-order valence-electron chi connectivity index (χ4n) is 4.49. The second-order valence-corrected chi connectivity index (χ2v) is 8.68. The van der Waals surface area contributed by atoms with Crippen LogP contribution in [0.15, 0.2) is 84.9 Å². The molecular formula is C28H29Cl3N6. The molecule has 192 valence electrons. The molecule has 0 atom stereocenters. The number of nitrogens with zero attached hydrogens (tertiary/aromatic N) is 2. The van der Waals surface area contributed by atoms with Gasteiger partial charge in [-0.05, 0) is 60.7 Å². The standard InChI is InChI=1S/2C14H13N3.3ClH/c2*1-17-13-7-11(15)4-2-9(13)6-10-3-5-12(16)8-14(10)17;;;/h2*2-8H,1H3,(H3,15,16);3*1H. The highest BCUT2D eigenvalue weighted by atomic mass is 35.5. The van der Waals surface area contributed by atoms with Crippen molar-refractivity contribution in [2.24, 2.45) is 14.1 Å². The molecule has 0 bridgehead atoms. The summed E-state index contributed by atoms with van der Waals surface area (Å²) in [6, 6.07) is 28.1. The first-order valence-electron chi connectivity index (χ1n) is 11.1. The second kappa shape index (κ2) is 11.6. The monoisotopic (exact) mass is 554 g/mol. The van der Waals surface area contributed by atoms with Gasteiger partial charge < -0.3 is 47.7 Å². The molecule has 0 fully saturated rings. The predicted octanol–water partition coefficient (Wildman–Crippen LogP) is -1.61. The Kier molecular flexibility index (Phi) is 9.22. The first-order valence-corrected chi connectivity index (χ1v) is 11.1. The van der Waals surface area contributed by atoms with Gasteiger partial charge >= 0.3 is 0 Å². The first kappa shape index (κ1) is 29.5. The molecule has 0 unspecified atom stereocenters. The summed E-state index contributed by atoms with van der Waals surface area (Å²) in [6.07, 6.45) is 0. The van der Waals surface area contributed by atoms with E-state index in [0.717, 1.165) is 44.8 Å². The Morgan fingerprint density at radius 3 is 0.838 bits per heavy atom. The number of halogens is 3. The molecule has 0 radical (unpaired) electrons. The Morgan fingerprint density at radius 1 is 0.405 bits per heavy atom. The molecule has 0 saturated carbocycles. The third-order valence-corrected chi connectivity index (χ3v) is 6.29. The quantitative estimate of drug-likeness (QED) is 0.103. The molecule has 0 aliphatic heterocycles. The summed E-state index contributed by atoms with van der Waals surface area (Å²) in [5.74, 6) is 0. The number of nitrogens with two attached hydrogens (primary N) is 4. The van der Waals surface area contributed by atoms with Gasteiger partial charge in [0.25, 0.3) is 0 Å². The number of pyridine rings is 2. The molecule has 0 aliphatic rings. The summed E-state index contributed by atoms with van der Waals surface area (Å²) >= 11 is 0. The van der Waals surface area contributed by atoms with Crippen molar-refractivity contribution in [1.29, 1.82) is 0 Å². The number of fused-ring (bicyclic) bond motifs is 4. The summed E-state index contributed by atoms with van der Waals surface area (Å²) in [5.41, 5.74) is 30.9. The molecule has 0 spiro atoms. The molecular weight excluding hydrogens is 527 g/mol. The van der Waals surface area contributed by atoms with Crippen molar-refractivity contribution in [1.82, 2.24) is 0 Å².